The van der Waals surface area contributed by atoms with E-state index in [2.05, 4.69) is 26.0 Å². The summed E-state index contributed by atoms with van der Waals surface area (Å²) in [5, 5.41) is 31.0. The van der Waals surface area contributed by atoms with E-state index in [-0.39, 0.29) is 19.4 Å². The summed E-state index contributed by atoms with van der Waals surface area (Å²) in [4.78, 5) is 25.5. The van der Waals surface area contributed by atoms with Crippen LogP contribution in [0.25, 0.3) is 0 Å². The van der Waals surface area contributed by atoms with Crippen LogP contribution in [0.3, 0.4) is 0 Å². The molecule has 1 heterocycles. The number of hydrogen-bond acceptors (Lipinski definition) is 11. The number of rotatable bonds is 45. The highest BCUT2D eigenvalue weighted by molar-refractivity contribution is 7.85. The molecule has 378 valence electrons. The van der Waals surface area contributed by atoms with Crippen molar-refractivity contribution in [2.45, 2.75) is 282 Å². The van der Waals surface area contributed by atoms with E-state index in [1.807, 2.05) is 0 Å². The van der Waals surface area contributed by atoms with Crippen molar-refractivity contribution in [1.82, 2.24) is 0 Å². The van der Waals surface area contributed by atoms with Gasteiger partial charge in [-0.25, -0.2) is 0 Å². The lowest BCUT2D eigenvalue weighted by Gasteiger charge is -2.40. The molecule has 0 bridgehead atoms. The maximum atomic E-state index is 12.8. The monoisotopic (exact) mass is 933 g/mol. The van der Waals surface area contributed by atoms with Crippen LogP contribution in [0.1, 0.15) is 245 Å². The Balaban J connectivity index is 2.34. The predicted molar refractivity (Wildman–Crippen MR) is 257 cm³/mol. The lowest BCUT2D eigenvalue weighted by Crippen LogP contribution is -2.60. The fraction of sp³-hybridized carbons (Fsp3) is 0.922. The number of aliphatic hydroxyl groups excluding tert-OH is 3. The molecule has 1 fully saturated rings. The van der Waals surface area contributed by atoms with E-state index in [4.69, 9.17) is 18.9 Å². The van der Waals surface area contributed by atoms with Crippen molar-refractivity contribution in [3.8, 4) is 0 Å². The lowest BCUT2D eigenvalue weighted by molar-refractivity contribution is -0.297. The minimum absolute atomic E-state index is 0.159. The van der Waals surface area contributed by atoms with Crippen molar-refractivity contribution >= 4 is 22.1 Å². The van der Waals surface area contributed by atoms with Gasteiger partial charge < -0.3 is 34.3 Å². The molecule has 1 aliphatic rings. The molecule has 1 saturated heterocycles. The fourth-order valence-corrected chi connectivity index (χ4v) is 8.95. The van der Waals surface area contributed by atoms with Gasteiger partial charge in [0.15, 0.2) is 12.4 Å². The zero-order valence-corrected chi connectivity index (χ0v) is 41.5. The Labute approximate surface area is 390 Å². The van der Waals surface area contributed by atoms with Gasteiger partial charge in [-0.2, -0.15) is 8.42 Å². The molecule has 1 rings (SSSR count). The number of unbranched alkanes of at least 4 members (excludes halogenated alkanes) is 31. The van der Waals surface area contributed by atoms with Crippen molar-refractivity contribution in [1.29, 1.82) is 0 Å². The van der Waals surface area contributed by atoms with Crippen LogP contribution in [0.5, 0.6) is 0 Å². The standard InChI is InChI=1S/C51H96O12S/c1-3-5-7-9-11-13-15-17-19-20-21-22-23-24-26-27-29-31-33-35-37-39-46(52)60-41-44(42-61-51-50(56)49(55)48(54)45(63-51)43-64(57,58)59)62-47(53)40-38-36-34-32-30-28-25-18-16-14-12-10-8-6-4-2/h18,25,44-45,48-51,54-56H,3-17,19-24,26-43H2,1-2H3,(H,57,58,59)/b25-18+/t44-,45-,48-,49?,50?,51+/m1/s1. The van der Waals surface area contributed by atoms with Crippen molar-refractivity contribution < 1.29 is 56.8 Å². The third-order valence-electron chi connectivity index (χ3n) is 12.3. The number of ether oxygens (including phenoxy) is 4. The molecule has 0 aromatic heterocycles. The van der Waals surface area contributed by atoms with Gasteiger partial charge in [-0.3, -0.25) is 14.1 Å². The third kappa shape index (κ3) is 35.6. The fourth-order valence-electron chi connectivity index (χ4n) is 8.26. The van der Waals surface area contributed by atoms with Gasteiger partial charge in [-0.05, 0) is 38.5 Å². The van der Waals surface area contributed by atoms with E-state index in [0.29, 0.717) is 12.8 Å². The normalized spacial score (nSPS) is 19.6. The van der Waals surface area contributed by atoms with Crippen LogP contribution >= 0.6 is 0 Å². The number of carbonyl (C=O) groups is 2. The Bertz CT molecular complexity index is 1230. The summed E-state index contributed by atoms with van der Waals surface area (Å²) in [7, 11) is -4.60. The molecule has 0 aromatic rings. The summed E-state index contributed by atoms with van der Waals surface area (Å²) in [6.07, 6.45) is 36.8. The molecular weight excluding hydrogens is 837 g/mol. The average molecular weight is 933 g/mol. The molecule has 0 aromatic carbocycles. The first-order chi connectivity index (χ1) is 31.0. The van der Waals surface area contributed by atoms with Gasteiger partial charge in [0.25, 0.3) is 10.1 Å². The van der Waals surface area contributed by atoms with Crippen molar-refractivity contribution in [2.24, 2.45) is 0 Å². The van der Waals surface area contributed by atoms with Crippen molar-refractivity contribution in [2.75, 3.05) is 19.0 Å². The van der Waals surface area contributed by atoms with Gasteiger partial charge in [0.2, 0.25) is 0 Å². The predicted octanol–water partition coefficient (Wildman–Crippen LogP) is 11.8. The first-order valence-corrected chi connectivity index (χ1v) is 27.9. The number of aliphatic hydroxyl groups is 3. The van der Waals surface area contributed by atoms with E-state index in [1.54, 1.807) is 0 Å². The van der Waals surface area contributed by atoms with Gasteiger partial charge in [-0.15, -0.1) is 0 Å². The zero-order chi connectivity index (χ0) is 46.9. The summed E-state index contributed by atoms with van der Waals surface area (Å²) in [5.41, 5.74) is 0. The number of esters is 2. The number of allylic oxidation sites excluding steroid dienone is 2. The van der Waals surface area contributed by atoms with E-state index >= 15 is 0 Å². The number of hydrogen-bond donors (Lipinski definition) is 4. The van der Waals surface area contributed by atoms with Crippen LogP contribution < -0.4 is 0 Å². The first-order valence-electron chi connectivity index (χ1n) is 26.2. The van der Waals surface area contributed by atoms with Gasteiger partial charge in [0.1, 0.15) is 36.8 Å². The van der Waals surface area contributed by atoms with Crippen LogP contribution in [-0.2, 0) is 38.7 Å². The molecular formula is C51H96O12S. The molecule has 13 heteroatoms. The van der Waals surface area contributed by atoms with E-state index in [0.717, 1.165) is 57.8 Å². The summed E-state index contributed by atoms with van der Waals surface area (Å²) < 4.78 is 54.2. The highest BCUT2D eigenvalue weighted by atomic mass is 32.2. The van der Waals surface area contributed by atoms with Crippen LogP contribution in [0.15, 0.2) is 12.2 Å². The van der Waals surface area contributed by atoms with Crippen LogP contribution in [0.4, 0.5) is 0 Å². The zero-order valence-electron chi connectivity index (χ0n) is 40.7. The summed E-state index contributed by atoms with van der Waals surface area (Å²) >= 11 is 0. The maximum Gasteiger partial charge on any atom is 0.306 e. The first kappa shape index (κ1) is 60.4. The van der Waals surface area contributed by atoms with Gasteiger partial charge in [-0.1, -0.05) is 206 Å². The van der Waals surface area contributed by atoms with E-state index < -0.39 is 71.2 Å². The van der Waals surface area contributed by atoms with E-state index in [9.17, 15) is 37.9 Å². The second kappa shape index (κ2) is 41.6. The minimum Gasteiger partial charge on any atom is -0.462 e. The average Bonchev–Trinajstić information content (AvgIpc) is 3.26. The van der Waals surface area contributed by atoms with Crippen LogP contribution in [-0.4, -0.2) is 96.0 Å². The Hall–Kier alpha value is -1.61. The molecule has 0 radical (unpaired) electrons. The molecule has 0 aliphatic carbocycles. The maximum absolute atomic E-state index is 12.8. The lowest BCUT2D eigenvalue weighted by atomic mass is 10.00. The Morgan fingerprint density at radius 3 is 1.30 bits per heavy atom. The summed E-state index contributed by atoms with van der Waals surface area (Å²) in [6, 6.07) is 0. The Morgan fingerprint density at radius 1 is 0.516 bits per heavy atom. The second-order valence-electron chi connectivity index (χ2n) is 18.5. The highest BCUT2D eigenvalue weighted by Crippen LogP contribution is 2.24. The topological polar surface area (TPSA) is 186 Å². The molecule has 2 unspecified atom stereocenters. The third-order valence-corrected chi connectivity index (χ3v) is 13.1. The van der Waals surface area contributed by atoms with Gasteiger partial charge in [0.05, 0.1) is 6.61 Å². The molecule has 0 saturated carbocycles. The molecule has 0 amide bonds. The molecule has 6 atom stereocenters. The van der Waals surface area contributed by atoms with Gasteiger partial charge in [0, 0.05) is 12.8 Å². The molecule has 64 heavy (non-hydrogen) atoms. The molecule has 1 aliphatic heterocycles. The Morgan fingerprint density at radius 2 is 0.891 bits per heavy atom. The van der Waals surface area contributed by atoms with Crippen LogP contribution in [0, 0.1) is 0 Å². The second-order valence-corrected chi connectivity index (χ2v) is 20.0. The van der Waals surface area contributed by atoms with E-state index in [1.165, 1.54) is 148 Å². The SMILES string of the molecule is CCCCCCCC/C=C/CCCCCCCC(=O)O[C@H](COC(=O)CCCCCCCCCCCCCCCCCCCCCCC)CO[C@H]1O[C@H](CS(=O)(=O)O)[C@@H](O)C(O)C1O. The quantitative estimate of drug-likeness (QED) is 0.0196. The van der Waals surface area contributed by atoms with Gasteiger partial charge >= 0.3 is 11.9 Å². The minimum atomic E-state index is -4.60. The largest absolute Gasteiger partial charge is 0.462 e. The smallest absolute Gasteiger partial charge is 0.306 e. The van der Waals surface area contributed by atoms with Crippen molar-refractivity contribution in [3.05, 3.63) is 12.2 Å². The van der Waals surface area contributed by atoms with Crippen LogP contribution in [0.2, 0.25) is 0 Å². The molecule has 4 N–H and O–H groups in total. The summed E-state index contributed by atoms with van der Waals surface area (Å²) in [5.74, 6) is -1.98. The Kier molecular flexibility index (Phi) is 39.2. The summed E-state index contributed by atoms with van der Waals surface area (Å²) in [6.45, 7) is 3.79. The molecule has 12 nitrogen and oxygen atoms in total. The highest BCUT2D eigenvalue weighted by Gasteiger charge is 2.46. The van der Waals surface area contributed by atoms with Crippen molar-refractivity contribution in [3.63, 3.8) is 0 Å². The number of carbonyl (C=O) groups excluding carboxylic acids is 2. The molecule has 0 spiro atoms.